The van der Waals surface area contributed by atoms with E-state index < -0.39 is 0 Å². The van der Waals surface area contributed by atoms with Crippen molar-refractivity contribution in [1.82, 2.24) is 19.7 Å². The molecule has 1 aromatic rings. The molecule has 2 aliphatic rings. The minimum Gasteiger partial charge on any atom is -0.332 e. The van der Waals surface area contributed by atoms with E-state index in [0.29, 0.717) is 13.0 Å². The molecule has 2 fully saturated rings. The lowest BCUT2D eigenvalue weighted by atomic mass is 10.1. The summed E-state index contributed by atoms with van der Waals surface area (Å²) in [5.41, 5.74) is 1.86. The normalized spacial score (nSPS) is 23.9. The van der Waals surface area contributed by atoms with E-state index in [1.807, 2.05) is 34.9 Å². The second kappa shape index (κ2) is 5.59. The van der Waals surface area contributed by atoms with Crippen LogP contribution in [0, 0.1) is 6.92 Å². The van der Waals surface area contributed by atoms with Crippen molar-refractivity contribution in [2.45, 2.75) is 38.4 Å². The Labute approximate surface area is 130 Å². The lowest BCUT2D eigenvalue weighted by Crippen LogP contribution is -2.44. The smallest absolute Gasteiger partial charge is 0.319 e. The number of aryl methyl sites for hydroxylation is 1. The number of urea groups is 1. The van der Waals surface area contributed by atoms with Gasteiger partial charge >= 0.3 is 6.03 Å². The van der Waals surface area contributed by atoms with E-state index in [4.69, 9.17) is 0 Å². The SMILES string of the molecule is Cc1cccc(CN2C(=O)C[C@@H]3[C@H]2CCN3C(=O)N(C)C)n1. The number of carbonyl (C=O) groups excluding carboxylic acids is 2. The zero-order chi connectivity index (χ0) is 15.9. The second-order valence-electron chi connectivity index (χ2n) is 6.29. The third-order valence-electron chi connectivity index (χ3n) is 4.52. The fraction of sp³-hybridized carbons (Fsp3) is 0.562. The molecule has 0 bridgehead atoms. The highest BCUT2D eigenvalue weighted by Gasteiger charge is 2.48. The molecule has 0 spiro atoms. The first-order chi connectivity index (χ1) is 10.5. The molecule has 0 radical (unpaired) electrons. The number of nitrogens with zero attached hydrogens (tertiary/aromatic N) is 4. The van der Waals surface area contributed by atoms with Crippen LogP contribution in [0.25, 0.3) is 0 Å². The van der Waals surface area contributed by atoms with Gasteiger partial charge in [-0.1, -0.05) is 6.07 Å². The molecular formula is C16H22N4O2. The Morgan fingerprint density at radius 1 is 1.36 bits per heavy atom. The van der Waals surface area contributed by atoms with Gasteiger partial charge < -0.3 is 14.7 Å². The van der Waals surface area contributed by atoms with Crippen molar-refractivity contribution in [3.8, 4) is 0 Å². The summed E-state index contributed by atoms with van der Waals surface area (Å²) in [7, 11) is 3.50. The van der Waals surface area contributed by atoms with Crippen LogP contribution in [0.3, 0.4) is 0 Å². The number of amides is 3. The van der Waals surface area contributed by atoms with E-state index in [-0.39, 0.29) is 24.0 Å². The van der Waals surface area contributed by atoms with Gasteiger partial charge in [0.05, 0.1) is 24.3 Å². The molecule has 2 saturated heterocycles. The monoisotopic (exact) mass is 302 g/mol. The maximum absolute atomic E-state index is 12.4. The first-order valence-electron chi connectivity index (χ1n) is 7.67. The molecule has 3 amide bonds. The van der Waals surface area contributed by atoms with E-state index in [1.165, 1.54) is 0 Å². The maximum Gasteiger partial charge on any atom is 0.319 e. The summed E-state index contributed by atoms with van der Waals surface area (Å²) < 4.78 is 0. The number of hydrogen-bond donors (Lipinski definition) is 0. The number of likely N-dealkylation sites (tertiary alicyclic amines) is 2. The van der Waals surface area contributed by atoms with Gasteiger partial charge in [0.25, 0.3) is 0 Å². The third-order valence-corrected chi connectivity index (χ3v) is 4.52. The Kier molecular flexibility index (Phi) is 3.76. The standard InChI is InChI=1S/C16H22N4O2/c1-11-5-4-6-12(17-11)10-20-13-7-8-19(16(22)18(2)3)14(13)9-15(20)21/h4-6,13-14H,7-10H2,1-3H3/t13-,14-/m1/s1. The van der Waals surface area contributed by atoms with Gasteiger partial charge in [-0.15, -0.1) is 0 Å². The van der Waals surface area contributed by atoms with Crippen LogP contribution in [-0.2, 0) is 11.3 Å². The number of carbonyl (C=O) groups is 2. The summed E-state index contributed by atoms with van der Waals surface area (Å²) in [5.74, 6) is 0.120. The van der Waals surface area contributed by atoms with E-state index >= 15 is 0 Å². The average molecular weight is 302 g/mol. The summed E-state index contributed by atoms with van der Waals surface area (Å²) >= 11 is 0. The molecule has 118 valence electrons. The van der Waals surface area contributed by atoms with Gasteiger partial charge in [-0.25, -0.2) is 4.79 Å². The summed E-state index contributed by atoms with van der Waals surface area (Å²) in [6.45, 7) is 3.20. The highest BCUT2D eigenvalue weighted by molar-refractivity contribution is 5.83. The van der Waals surface area contributed by atoms with Gasteiger partial charge in [0.2, 0.25) is 5.91 Å². The van der Waals surface area contributed by atoms with Crippen LogP contribution in [0.2, 0.25) is 0 Å². The topological polar surface area (TPSA) is 56.8 Å². The molecule has 1 aromatic heterocycles. The van der Waals surface area contributed by atoms with E-state index in [1.54, 1.807) is 19.0 Å². The van der Waals surface area contributed by atoms with Gasteiger partial charge in [-0.05, 0) is 25.5 Å². The minimum absolute atomic E-state index is 0.00386. The van der Waals surface area contributed by atoms with Crippen molar-refractivity contribution < 1.29 is 9.59 Å². The van der Waals surface area contributed by atoms with Gasteiger partial charge in [0.1, 0.15) is 0 Å². The average Bonchev–Trinajstić information content (AvgIpc) is 2.99. The van der Waals surface area contributed by atoms with Crippen molar-refractivity contribution in [3.63, 3.8) is 0 Å². The summed E-state index contributed by atoms with van der Waals surface area (Å²) in [4.78, 5) is 34.4. The third kappa shape index (κ3) is 2.53. The van der Waals surface area contributed by atoms with Gasteiger partial charge in [0, 0.05) is 32.8 Å². The van der Waals surface area contributed by atoms with Crippen molar-refractivity contribution >= 4 is 11.9 Å². The highest BCUT2D eigenvalue weighted by Crippen LogP contribution is 2.33. The van der Waals surface area contributed by atoms with Crippen LogP contribution in [0.5, 0.6) is 0 Å². The minimum atomic E-state index is -0.00386. The van der Waals surface area contributed by atoms with Gasteiger partial charge in [0.15, 0.2) is 0 Å². The zero-order valence-electron chi connectivity index (χ0n) is 13.3. The number of pyridine rings is 1. The molecule has 2 atom stereocenters. The van der Waals surface area contributed by atoms with Gasteiger partial charge in [-0.3, -0.25) is 9.78 Å². The molecule has 0 aliphatic carbocycles. The van der Waals surface area contributed by atoms with Crippen LogP contribution in [-0.4, -0.2) is 64.3 Å². The van der Waals surface area contributed by atoms with Crippen molar-refractivity contribution in [1.29, 1.82) is 0 Å². The Balaban J connectivity index is 1.75. The largest absolute Gasteiger partial charge is 0.332 e. The van der Waals surface area contributed by atoms with Gasteiger partial charge in [-0.2, -0.15) is 0 Å². The lowest BCUT2D eigenvalue weighted by Gasteiger charge is -2.27. The first kappa shape index (κ1) is 14.8. The molecule has 3 heterocycles. The van der Waals surface area contributed by atoms with E-state index in [9.17, 15) is 9.59 Å². The molecular weight excluding hydrogens is 280 g/mol. The van der Waals surface area contributed by atoms with Crippen LogP contribution in [0.1, 0.15) is 24.2 Å². The Hall–Kier alpha value is -2.11. The predicted molar refractivity (Wildman–Crippen MR) is 82.1 cm³/mol. The van der Waals surface area contributed by atoms with E-state index in [2.05, 4.69) is 4.98 Å². The molecule has 0 saturated carbocycles. The summed E-state index contributed by atoms with van der Waals surface area (Å²) in [6, 6.07) is 5.99. The quantitative estimate of drug-likeness (QED) is 0.826. The van der Waals surface area contributed by atoms with Crippen molar-refractivity contribution in [3.05, 3.63) is 29.6 Å². The number of fused-ring (bicyclic) bond motifs is 1. The molecule has 0 unspecified atom stereocenters. The number of rotatable bonds is 2. The Morgan fingerprint density at radius 2 is 2.14 bits per heavy atom. The Bertz CT molecular complexity index is 602. The molecule has 3 rings (SSSR count). The number of hydrogen-bond acceptors (Lipinski definition) is 3. The highest BCUT2D eigenvalue weighted by atomic mass is 16.2. The second-order valence-corrected chi connectivity index (χ2v) is 6.29. The fourth-order valence-corrected chi connectivity index (χ4v) is 3.49. The van der Waals surface area contributed by atoms with Crippen LogP contribution in [0.15, 0.2) is 18.2 Å². The van der Waals surface area contributed by atoms with Crippen LogP contribution < -0.4 is 0 Å². The van der Waals surface area contributed by atoms with Crippen LogP contribution >= 0.6 is 0 Å². The fourth-order valence-electron chi connectivity index (χ4n) is 3.49. The first-order valence-corrected chi connectivity index (χ1v) is 7.67. The van der Waals surface area contributed by atoms with Crippen molar-refractivity contribution in [2.24, 2.45) is 0 Å². The van der Waals surface area contributed by atoms with Crippen LogP contribution in [0.4, 0.5) is 4.79 Å². The Morgan fingerprint density at radius 3 is 2.82 bits per heavy atom. The van der Waals surface area contributed by atoms with Crippen molar-refractivity contribution in [2.75, 3.05) is 20.6 Å². The predicted octanol–water partition coefficient (Wildman–Crippen LogP) is 1.25. The number of aromatic nitrogens is 1. The summed E-state index contributed by atoms with van der Waals surface area (Å²) in [5, 5.41) is 0. The molecule has 22 heavy (non-hydrogen) atoms. The lowest BCUT2D eigenvalue weighted by molar-refractivity contribution is -0.129. The van der Waals surface area contributed by atoms with E-state index in [0.717, 1.165) is 24.4 Å². The molecule has 0 aromatic carbocycles. The summed E-state index contributed by atoms with van der Waals surface area (Å²) in [6.07, 6.45) is 1.28. The maximum atomic E-state index is 12.4. The molecule has 6 heteroatoms. The molecule has 0 N–H and O–H groups in total. The molecule has 6 nitrogen and oxygen atoms in total. The molecule has 2 aliphatic heterocycles. The zero-order valence-corrected chi connectivity index (χ0v) is 13.3.